The minimum absolute atomic E-state index is 0.0358. The zero-order valence-electron chi connectivity index (χ0n) is 18.3. The van der Waals surface area contributed by atoms with Gasteiger partial charge in [0.25, 0.3) is 0 Å². The summed E-state index contributed by atoms with van der Waals surface area (Å²) in [7, 11) is 0. The van der Waals surface area contributed by atoms with Crippen molar-refractivity contribution in [2.24, 2.45) is 0 Å². The summed E-state index contributed by atoms with van der Waals surface area (Å²) in [6, 6.07) is 2.23. The number of hydrogen-bond donors (Lipinski definition) is 1. The van der Waals surface area contributed by atoms with Crippen LogP contribution in [-0.2, 0) is 16.0 Å². The maximum atomic E-state index is 12.3. The van der Waals surface area contributed by atoms with Gasteiger partial charge in [-0.05, 0) is 52.0 Å². The van der Waals surface area contributed by atoms with Crippen LogP contribution in [0.2, 0.25) is 0 Å². The van der Waals surface area contributed by atoms with Gasteiger partial charge in [0.1, 0.15) is 0 Å². The van der Waals surface area contributed by atoms with Gasteiger partial charge in [0.15, 0.2) is 5.65 Å². The van der Waals surface area contributed by atoms with E-state index in [4.69, 9.17) is 10.1 Å². The molecular formula is C22H33N5O2. The molecule has 0 unspecified atom stereocenters. The van der Waals surface area contributed by atoms with E-state index in [9.17, 15) is 9.59 Å². The predicted molar refractivity (Wildman–Crippen MR) is 113 cm³/mol. The summed E-state index contributed by atoms with van der Waals surface area (Å²) in [5.74, 6) is 0.248. The number of carbonyl (C=O) groups is 2. The molecule has 7 heteroatoms. The second-order valence-corrected chi connectivity index (χ2v) is 8.08. The molecule has 0 bridgehead atoms. The van der Waals surface area contributed by atoms with Crippen molar-refractivity contribution in [1.29, 1.82) is 0 Å². The number of carbonyl (C=O) groups excluding carboxylic acids is 2. The van der Waals surface area contributed by atoms with Crippen molar-refractivity contribution < 1.29 is 9.59 Å². The molecule has 1 fully saturated rings. The number of nitrogens with one attached hydrogen (secondary N) is 1. The van der Waals surface area contributed by atoms with Gasteiger partial charge in [-0.1, -0.05) is 13.8 Å². The van der Waals surface area contributed by atoms with Crippen LogP contribution in [0, 0.1) is 13.8 Å². The monoisotopic (exact) mass is 399 g/mol. The number of aryl methyl sites for hydroxylation is 2. The van der Waals surface area contributed by atoms with Crippen molar-refractivity contribution in [3.63, 3.8) is 0 Å². The Morgan fingerprint density at radius 3 is 2.76 bits per heavy atom. The second kappa shape index (κ2) is 8.93. The molecule has 158 valence electrons. The molecule has 0 aromatic carbocycles. The normalized spacial score (nSPS) is 17.7. The molecule has 2 aromatic heterocycles. The summed E-state index contributed by atoms with van der Waals surface area (Å²) in [5, 5.41) is 7.83. The molecule has 0 radical (unpaired) electrons. The van der Waals surface area contributed by atoms with Crippen molar-refractivity contribution in [1.82, 2.24) is 24.8 Å². The molecule has 3 heterocycles. The van der Waals surface area contributed by atoms with Crippen molar-refractivity contribution >= 4 is 17.5 Å². The molecule has 1 aliphatic rings. The lowest BCUT2D eigenvalue weighted by Gasteiger charge is -2.22. The molecule has 0 aliphatic carbocycles. The molecule has 2 amide bonds. The van der Waals surface area contributed by atoms with Crippen molar-refractivity contribution in [3.05, 3.63) is 28.7 Å². The summed E-state index contributed by atoms with van der Waals surface area (Å²) >= 11 is 0. The van der Waals surface area contributed by atoms with E-state index in [2.05, 4.69) is 12.2 Å². The molecule has 1 aliphatic heterocycles. The Hall–Kier alpha value is -2.44. The highest BCUT2D eigenvalue weighted by Crippen LogP contribution is 2.32. The molecule has 1 saturated heterocycles. The first kappa shape index (κ1) is 21.3. The second-order valence-electron chi connectivity index (χ2n) is 8.08. The summed E-state index contributed by atoms with van der Waals surface area (Å²) < 4.78 is 1.87. The van der Waals surface area contributed by atoms with Gasteiger partial charge in [-0.25, -0.2) is 9.50 Å². The molecule has 2 atom stereocenters. The van der Waals surface area contributed by atoms with Gasteiger partial charge in [0.05, 0.1) is 11.7 Å². The first-order valence-corrected chi connectivity index (χ1v) is 10.8. The maximum Gasteiger partial charge on any atom is 0.222 e. The average Bonchev–Trinajstić information content (AvgIpc) is 3.33. The van der Waals surface area contributed by atoms with Crippen LogP contribution in [0.15, 0.2) is 6.07 Å². The summed E-state index contributed by atoms with van der Waals surface area (Å²) in [6.45, 7) is 10.8. The number of amides is 2. The van der Waals surface area contributed by atoms with Gasteiger partial charge in [-0.15, -0.1) is 0 Å². The fourth-order valence-electron chi connectivity index (χ4n) is 4.13. The Morgan fingerprint density at radius 1 is 1.31 bits per heavy atom. The van der Waals surface area contributed by atoms with E-state index in [0.717, 1.165) is 54.1 Å². The zero-order valence-corrected chi connectivity index (χ0v) is 18.3. The van der Waals surface area contributed by atoms with Crippen LogP contribution in [0.3, 0.4) is 0 Å². The lowest BCUT2D eigenvalue weighted by Crippen LogP contribution is -2.32. The van der Waals surface area contributed by atoms with E-state index >= 15 is 0 Å². The van der Waals surface area contributed by atoms with Crippen LogP contribution in [-0.4, -0.2) is 43.9 Å². The number of hydrogen-bond acceptors (Lipinski definition) is 4. The number of likely N-dealkylation sites (tertiary alicyclic amines) is 1. The number of nitrogens with zero attached hydrogens (tertiary/aromatic N) is 4. The van der Waals surface area contributed by atoms with E-state index in [0.29, 0.717) is 19.3 Å². The van der Waals surface area contributed by atoms with Crippen LogP contribution in [0.1, 0.15) is 81.6 Å². The quantitative estimate of drug-likeness (QED) is 0.775. The van der Waals surface area contributed by atoms with E-state index < -0.39 is 0 Å². The van der Waals surface area contributed by atoms with E-state index in [1.807, 2.05) is 43.2 Å². The highest BCUT2D eigenvalue weighted by atomic mass is 16.2. The molecule has 2 aromatic rings. The van der Waals surface area contributed by atoms with Gasteiger partial charge < -0.3 is 10.2 Å². The van der Waals surface area contributed by atoms with E-state index in [1.54, 1.807) is 0 Å². The van der Waals surface area contributed by atoms with Crippen molar-refractivity contribution in [2.45, 2.75) is 85.2 Å². The molecule has 7 nitrogen and oxygen atoms in total. The molecule has 0 spiro atoms. The Morgan fingerprint density at radius 2 is 2.07 bits per heavy atom. The smallest absolute Gasteiger partial charge is 0.222 e. The Bertz CT molecular complexity index is 904. The van der Waals surface area contributed by atoms with Crippen LogP contribution in [0.25, 0.3) is 5.65 Å². The largest absolute Gasteiger partial charge is 0.354 e. The fourth-order valence-corrected chi connectivity index (χ4v) is 4.13. The zero-order chi connectivity index (χ0) is 21.1. The molecular weight excluding hydrogens is 366 g/mol. The summed E-state index contributed by atoms with van der Waals surface area (Å²) in [6.07, 6.45) is 4.47. The SMILES string of the molecule is CCC(=O)N1CCC[C@@H]1c1cc2nc(C)c(CCC(=O)N[C@@H](C)CC)c(C)n2n1. The molecule has 29 heavy (non-hydrogen) atoms. The van der Waals surface area contributed by atoms with Gasteiger partial charge >= 0.3 is 0 Å². The van der Waals surface area contributed by atoms with E-state index in [1.165, 1.54) is 0 Å². The van der Waals surface area contributed by atoms with Crippen LogP contribution >= 0.6 is 0 Å². The van der Waals surface area contributed by atoms with E-state index in [-0.39, 0.29) is 23.9 Å². The summed E-state index contributed by atoms with van der Waals surface area (Å²) in [5.41, 5.74) is 4.73. The van der Waals surface area contributed by atoms with Crippen molar-refractivity contribution in [2.75, 3.05) is 6.54 Å². The van der Waals surface area contributed by atoms with Gasteiger partial charge in [0, 0.05) is 42.9 Å². The Kier molecular flexibility index (Phi) is 6.55. The Balaban J connectivity index is 1.84. The van der Waals surface area contributed by atoms with Gasteiger partial charge in [-0.2, -0.15) is 5.10 Å². The van der Waals surface area contributed by atoms with Crippen LogP contribution < -0.4 is 5.32 Å². The fraction of sp³-hybridized carbons (Fsp3) is 0.636. The predicted octanol–water partition coefficient (Wildman–Crippen LogP) is 3.27. The molecule has 1 N–H and O–H groups in total. The maximum absolute atomic E-state index is 12.3. The summed E-state index contributed by atoms with van der Waals surface area (Å²) in [4.78, 5) is 31.1. The number of rotatable bonds is 7. The van der Waals surface area contributed by atoms with Crippen LogP contribution in [0.4, 0.5) is 0 Å². The van der Waals surface area contributed by atoms with Crippen LogP contribution in [0.5, 0.6) is 0 Å². The number of aromatic nitrogens is 3. The average molecular weight is 400 g/mol. The minimum atomic E-state index is 0.0358. The van der Waals surface area contributed by atoms with Gasteiger partial charge in [-0.3, -0.25) is 9.59 Å². The lowest BCUT2D eigenvalue weighted by atomic mass is 10.1. The van der Waals surface area contributed by atoms with Crippen molar-refractivity contribution in [3.8, 4) is 0 Å². The highest BCUT2D eigenvalue weighted by Gasteiger charge is 2.31. The van der Waals surface area contributed by atoms with Gasteiger partial charge in [0.2, 0.25) is 11.8 Å². The standard InChI is InChI=1S/C22H33N5O2/c1-6-14(3)23-21(28)11-10-17-15(4)24-20-13-18(25-27(20)16(17)5)19-9-8-12-26(19)22(29)7-2/h13-14,19H,6-12H2,1-5H3,(H,23,28)/t14-,19+/m0/s1. The molecule has 0 saturated carbocycles. The number of fused-ring (bicyclic) bond motifs is 1. The molecule has 3 rings (SSSR count). The first-order chi connectivity index (χ1) is 13.8. The lowest BCUT2D eigenvalue weighted by molar-refractivity contribution is -0.131. The Labute approximate surface area is 172 Å². The topological polar surface area (TPSA) is 79.6 Å². The minimum Gasteiger partial charge on any atom is -0.354 e. The first-order valence-electron chi connectivity index (χ1n) is 10.8. The third-order valence-corrected chi connectivity index (χ3v) is 6.02. The third kappa shape index (κ3) is 4.43. The highest BCUT2D eigenvalue weighted by molar-refractivity contribution is 5.77. The third-order valence-electron chi connectivity index (χ3n) is 6.02.